The van der Waals surface area contributed by atoms with Gasteiger partial charge in [-0.3, -0.25) is 4.40 Å². The van der Waals surface area contributed by atoms with Gasteiger partial charge in [-0.05, 0) is 24.3 Å². The number of nitriles is 1. The van der Waals surface area contributed by atoms with Gasteiger partial charge in [-0.15, -0.1) is 10.2 Å². The Labute approximate surface area is 128 Å². The molecule has 2 heterocycles. The number of pyridine rings is 1. The molecular formula is C15H9F3N4O. The Morgan fingerprint density at radius 3 is 2.48 bits per heavy atom. The van der Waals surface area contributed by atoms with E-state index in [-0.39, 0.29) is 11.2 Å². The Kier molecular flexibility index (Phi) is 3.62. The van der Waals surface area contributed by atoms with Crippen molar-refractivity contribution in [1.29, 1.82) is 5.26 Å². The van der Waals surface area contributed by atoms with E-state index in [4.69, 9.17) is 4.74 Å². The minimum absolute atomic E-state index is 0.0393. The van der Waals surface area contributed by atoms with Gasteiger partial charge in [0.25, 0.3) is 0 Å². The summed E-state index contributed by atoms with van der Waals surface area (Å²) in [4.78, 5) is 0. The number of benzene rings is 1. The fraction of sp³-hybridized carbons (Fsp3) is 0.133. The van der Waals surface area contributed by atoms with Crippen LogP contribution in [-0.4, -0.2) is 14.6 Å². The van der Waals surface area contributed by atoms with Crippen LogP contribution in [0.2, 0.25) is 0 Å². The molecule has 1 unspecified atom stereocenters. The zero-order valence-corrected chi connectivity index (χ0v) is 11.5. The lowest BCUT2D eigenvalue weighted by atomic mass is 10.2. The molecule has 0 spiro atoms. The standard InChI is InChI=1S/C15H9F3N4O/c16-15(17,18)14-21-20-13-7-6-10(9-22(13)14)12(8-19)23-11-4-2-1-3-5-11/h1-7,9,12H. The van der Waals surface area contributed by atoms with Crippen LogP contribution in [0, 0.1) is 11.3 Å². The summed E-state index contributed by atoms with van der Waals surface area (Å²) in [5.74, 6) is -0.704. The first-order chi connectivity index (χ1) is 11.0. The van der Waals surface area contributed by atoms with Crippen LogP contribution in [0.15, 0.2) is 48.7 Å². The van der Waals surface area contributed by atoms with Crippen LogP contribution in [0.25, 0.3) is 5.65 Å². The molecule has 0 saturated heterocycles. The summed E-state index contributed by atoms with van der Waals surface area (Å²) in [5, 5.41) is 15.9. The Morgan fingerprint density at radius 1 is 1.09 bits per heavy atom. The third kappa shape index (κ3) is 2.94. The Hall–Kier alpha value is -3.08. The van der Waals surface area contributed by atoms with Crippen LogP contribution in [0.1, 0.15) is 17.5 Å². The van der Waals surface area contributed by atoms with Crippen molar-refractivity contribution in [2.75, 3.05) is 0 Å². The summed E-state index contributed by atoms with van der Waals surface area (Å²) in [7, 11) is 0. The fourth-order valence-corrected chi connectivity index (χ4v) is 2.06. The molecule has 3 aromatic rings. The molecule has 23 heavy (non-hydrogen) atoms. The van der Waals surface area contributed by atoms with E-state index in [1.54, 1.807) is 30.3 Å². The second-order valence-corrected chi connectivity index (χ2v) is 4.65. The van der Waals surface area contributed by atoms with E-state index in [0.717, 1.165) is 10.6 Å². The van der Waals surface area contributed by atoms with Gasteiger partial charge >= 0.3 is 6.18 Å². The lowest BCUT2D eigenvalue weighted by Gasteiger charge is -2.13. The third-order valence-electron chi connectivity index (χ3n) is 3.10. The number of rotatable bonds is 3. The number of aromatic nitrogens is 3. The van der Waals surface area contributed by atoms with Crippen LogP contribution < -0.4 is 4.74 Å². The molecule has 0 aliphatic carbocycles. The highest BCUT2D eigenvalue weighted by atomic mass is 19.4. The maximum Gasteiger partial charge on any atom is 0.452 e. The first kappa shape index (κ1) is 14.8. The van der Waals surface area contributed by atoms with Crippen molar-refractivity contribution < 1.29 is 17.9 Å². The van der Waals surface area contributed by atoms with Gasteiger partial charge in [0.2, 0.25) is 11.9 Å². The molecule has 0 radical (unpaired) electrons. The van der Waals surface area contributed by atoms with Crippen molar-refractivity contribution in [2.24, 2.45) is 0 Å². The van der Waals surface area contributed by atoms with Gasteiger partial charge < -0.3 is 4.74 Å². The van der Waals surface area contributed by atoms with Crippen molar-refractivity contribution >= 4 is 5.65 Å². The molecule has 0 aliphatic heterocycles. The van der Waals surface area contributed by atoms with Crippen molar-refractivity contribution in [3.8, 4) is 11.8 Å². The monoisotopic (exact) mass is 318 g/mol. The number of hydrogen-bond donors (Lipinski definition) is 0. The number of nitrogens with zero attached hydrogens (tertiary/aromatic N) is 4. The molecular weight excluding hydrogens is 309 g/mol. The molecule has 0 fully saturated rings. The van der Waals surface area contributed by atoms with E-state index in [2.05, 4.69) is 10.2 Å². The van der Waals surface area contributed by atoms with Crippen LogP contribution >= 0.6 is 0 Å². The number of para-hydroxylation sites is 1. The van der Waals surface area contributed by atoms with Gasteiger partial charge in [0.15, 0.2) is 5.65 Å². The first-order valence-corrected chi connectivity index (χ1v) is 6.52. The molecule has 116 valence electrons. The smallest absolute Gasteiger partial charge is 0.452 e. The van der Waals surface area contributed by atoms with Crippen LogP contribution in [0.3, 0.4) is 0 Å². The lowest BCUT2D eigenvalue weighted by Crippen LogP contribution is -2.12. The molecule has 2 aromatic heterocycles. The van der Waals surface area contributed by atoms with E-state index >= 15 is 0 Å². The molecule has 3 rings (SSSR count). The minimum atomic E-state index is -4.64. The molecule has 0 amide bonds. The Bertz CT molecular complexity index is 868. The zero-order chi connectivity index (χ0) is 16.4. The molecule has 0 bridgehead atoms. The van der Waals surface area contributed by atoms with E-state index in [9.17, 15) is 18.4 Å². The molecule has 0 saturated carbocycles. The van der Waals surface area contributed by atoms with Crippen molar-refractivity contribution in [1.82, 2.24) is 14.6 Å². The maximum atomic E-state index is 12.9. The summed E-state index contributed by atoms with van der Waals surface area (Å²) < 4.78 is 45.0. The predicted molar refractivity (Wildman–Crippen MR) is 73.4 cm³/mol. The van der Waals surface area contributed by atoms with Gasteiger partial charge in [0.1, 0.15) is 11.8 Å². The molecule has 0 N–H and O–H groups in total. The SMILES string of the molecule is N#CC(Oc1ccccc1)c1ccc2nnc(C(F)(F)F)n2c1. The highest BCUT2D eigenvalue weighted by Crippen LogP contribution is 2.29. The van der Waals surface area contributed by atoms with Crippen molar-refractivity contribution in [3.05, 3.63) is 60.0 Å². The second kappa shape index (κ2) is 5.61. The maximum absolute atomic E-state index is 12.9. The van der Waals surface area contributed by atoms with Gasteiger partial charge in [-0.2, -0.15) is 18.4 Å². The molecule has 0 aliphatic rings. The lowest BCUT2D eigenvalue weighted by molar-refractivity contribution is -0.145. The Morgan fingerprint density at radius 2 is 1.83 bits per heavy atom. The third-order valence-corrected chi connectivity index (χ3v) is 3.10. The average molecular weight is 318 g/mol. The normalized spacial score (nSPS) is 12.8. The van der Waals surface area contributed by atoms with E-state index in [0.29, 0.717) is 5.75 Å². The highest BCUT2D eigenvalue weighted by Gasteiger charge is 2.37. The van der Waals surface area contributed by atoms with E-state index in [1.807, 2.05) is 6.07 Å². The number of ether oxygens (including phenoxy) is 1. The average Bonchev–Trinajstić information content (AvgIpc) is 2.96. The topological polar surface area (TPSA) is 63.2 Å². The molecule has 8 heteroatoms. The summed E-state index contributed by atoms with van der Waals surface area (Å²) in [5.41, 5.74) is 0.312. The number of alkyl halides is 3. The van der Waals surface area contributed by atoms with Crippen LogP contribution in [0.5, 0.6) is 5.75 Å². The summed E-state index contributed by atoms with van der Waals surface area (Å²) in [6.07, 6.45) is -4.53. The molecule has 1 aromatic carbocycles. The van der Waals surface area contributed by atoms with Crippen LogP contribution in [0.4, 0.5) is 13.2 Å². The first-order valence-electron chi connectivity index (χ1n) is 6.52. The minimum Gasteiger partial charge on any atom is -0.471 e. The van der Waals surface area contributed by atoms with Crippen molar-refractivity contribution in [3.63, 3.8) is 0 Å². The highest BCUT2D eigenvalue weighted by molar-refractivity contribution is 5.41. The fourth-order valence-electron chi connectivity index (χ4n) is 2.06. The predicted octanol–water partition coefficient (Wildman–Crippen LogP) is 3.39. The quantitative estimate of drug-likeness (QED) is 0.742. The number of hydrogen-bond acceptors (Lipinski definition) is 4. The summed E-state index contributed by atoms with van der Waals surface area (Å²) in [6, 6.07) is 13.3. The zero-order valence-electron chi connectivity index (χ0n) is 11.5. The number of fused-ring (bicyclic) bond motifs is 1. The summed E-state index contributed by atoms with van der Waals surface area (Å²) in [6.45, 7) is 0. The van der Waals surface area contributed by atoms with Crippen LogP contribution in [-0.2, 0) is 6.18 Å². The molecule has 1 atom stereocenters. The Balaban J connectivity index is 2.00. The van der Waals surface area contributed by atoms with E-state index in [1.165, 1.54) is 12.1 Å². The molecule has 5 nitrogen and oxygen atoms in total. The second-order valence-electron chi connectivity index (χ2n) is 4.65. The van der Waals surface area contributed by atoms with Gasteiger partial charge in [0.05, 0.1) is 0 Å². The van der Waals surface area contributed by atoms with Crippen molar-refractivity contribution in [2.45, 2.75) is 12.3 Å². The largest absolute Gasteiger partial charge is 0.471 e. The number of halogens is 3. The van der Waals surface area contributed by atoms with Gasteiger partial charge in [-0.1, -0.05) is 18.2 Å². The summed E-state index contributed by atoms with van der Waals surface area (Å²) >= 11 is 0. The van der Waals surface area contributed by atoms with E-state index < -0.39 is 18.1 Å². The van der Waals surface area contributed by atoms with Gasteiger partial charge in [-0.25, -0.2) is 0 Å². The van der Waals surface area contributed by atoms with Gasteiger partial charge in [0, 0.05) is 11.8 Å².